The fraction of sp³-hybridized carbons (Fsp3) is 0.667. The normalized spacial score (nSPS) is 29.3. The molecule has 4 saturated heterocycles. The van der Waals surface area contributed by atoms with E-state index in [2.05, 4.69) is 30.7 Å². The van der Waals surface area contributed by atoms with Gasteiger partial charge >= 0.3 is 12.1 Å². The first-order valence-corrected chi connectivity index (χ1v) is 14.3. The second kappa shape index (κ2) is 9.43. The second-order valence-corrected chi connectivity index (χ2v) is 13.0. The predicted molar refractivity (Wildman–Crippen MR) is 143 cm³/mol. The lowest BCUT2D eigenvalue weighted by molar-refractivity contribution is 0.0122. The van der Waals surface area contributed by atoms with Gasteiger partial charge in [-0.05, 0) is 81.1 Å². The number of aromatic nitrogens is 2. The lowest BCUT2D eigenvalue weighted by atomic mass is 9.95. The van der Waals surface area contributed by atoms with E-state index in [1.54, 1.807) is 6.07 Å². The van der Waals surface area contributed by atoms with Gasteiger partial charge in [0.05, 0.1) is 22.1 Å². The molecule has 0 spiro atoms. The van der Waals surface area contributed by atoms with Crippen LogP contribution in [0.3, 0.4) is 0 Å². The van der Waals surface area contributed by atoms with E-state index < -0.39 is 17.6 Å². The molecule has 6 rings (SSSR count). The maximum Gasteiger partial charge on any atom is 0.410 e. The van der Waals surface area contributed by atoms with Crippen molar-refractivity contribution < 1.29 is 23.0 Å². The van der Waals surface area contributed by atoms with Crippen LogP contribution in [-0.2, 0) is 4.74 Å². The average molecular weight is 595 g/mol. The summed E-state index contributed by atoms with van der Waals surface area (Å²) >= 11 is 3.28. The maximum atomic E-state index is 15.3. The molecule has 2 unspecified atom stereocenters. The number of carbonyl (C=O) groups is 1. The molecule has 1 amide bonds. The van der Waals surface area contributed by atoms with E-state index in [0.717, 1.165) is 32.2 Å². The Hall–Kier alpha value is -2.27. The zero-order valence-corrected chi connectivity index (χ0v) is 23.6. The Kier molecular flexibility index (Phi) is 6.45. The molecule has 2 aromatic rings. The summed E-state index contributed by atoms with van der Waals surface area (Å²) < 4.78 is 41.7. The van der Waals surface area contributed by atoms with Crippen LogP contribution in [0.1, 0.15) is 52.9 Å². The van der Waals surface area contributed by atoms with E-state index in [-0.39, 0.29) is 41.8 Å². The van der Waals surface area contributed by atoms with Gasteiger partial charge in [0.2, 0.25) is 0 Å². The van der Waals surface area contributed by atoms with E-state index in [1.807, 2.05) is 31.7 Å². The van der Waals surface area contributed by atoms with Gasteiger partial charge in [-0.3, -0.25) is 9.80 Å². The minimum Gasteiger partial charge on any atom is -0.461 e. The van der Waals surface area contributed by atoms with Crippen LogP contribution in [0.25, 0.3) is 10.9 Å². The minimum atomic E-state index is -0.864. The van der Waals surface area contributed by atoms with Crippen molar-refractivity contribution in [1.29, 1.82) is 0 Å². The second-order valence-electron chi connectivity index (χ2n) is 12.1. The van der Waals surface area contributed by atoms with Crippen LogP contribution in [0.2, 0.25) is 0 Å². The molecule has 206 valence electrons. The Morgan fingerprint density at radius 1 is 1.18 bits per heavy atom. The Bertz CT molecular complexity index is 1250. The van der Waals surface area contributed by atoms with Crippen molar-refractivity contribution >= 4 is 38.7 Å². The highest BCUT2D eigenvalue weighted by molar-refractivity contribution is 9.10. The highest BCUT2D eigenvalue weighted by Crippen LogP contribution is 2.41. The molecule has 4 aliphatic heterocycles. The predicted octanol–water partition coefficient (Wildman–Crippen LogP) is 5.07. The summed E-state index contributed by atoms with van der Waals surface area (Å²) in [6.45, 7) is 8.28. The number of fused-ring (bicyclic) bond motifs is 4. The summed E-state index contributed by atoms with van der Waals surface area (Å²) in [6.07, 6.45) is 2.89. The summed E-state index contributed by atoms with van der Waals surface area (Å²) in [6, 6.07) is 3.51. The van der Waals surface area contributed by atoms with Gasteiger partial charge in [-0.15, -0.1) is 0 Å². The van der Waals surface area contributed by atoms with E-state index in [9.17, 15) is 9.18 Å². The van der Waals surface area contributed by atoms with Crippen LogP contribution in [0.5, 0.6) is 6.01 Å². The van der Waals surface area contributed by atoms with Crippen LogP contribution in [0.15, 0.2) is 16.6 Å². The van der Waals surface area contributed by atoms with Crippen LogP contribution in [0.4, 0.5) is 19.4 Å². The van der Waals surface area contributed by atoms with Crippen LogP contribution < -0.4 is 9.64 Å². The number of nitrogens with zero attached hydrogens (tertiary/aromatic N) is 5. The van der Waals surface area contributed by atoms with Crippen molar-refractivity contribution in [1.82, 2.24) is 19.8 Å². The number of hydrogen-bond acceptors (Lipinski definition) is 7. The van der Waals surface area contributed by atoms with Crippen molar-refractivity contribution in [3.05, 3.63) is 22.4 Å². The lowest BCUT2D eigenvalue weighted by Crippen LogP contribution is -2.57. The number of anilines is 1. The number of amides is 1. The molecule has 0 N–H and O–H groups in total. The first-order chi connectivity index (χ1) is 18.0. The minimum absolute atomic E-state index is 0.0239. The third-order valence-electron chi connectivity index (χ3n) is 8.34. The van der Waals surface area contributed by atoms with E-state index in [0.29, 0.717) is 41.7 Å². The number of halogens is 3. The van der Waals surface area contributed by atoms with Gasteiger partial charge in [-0.1, -0.05) is 0 Å². The summed E-state index contributed by atoms with van der Waals surface area (Å²) in [4.78, 5) is 28.3. The van der Waals surface area contributed by atoms with E-state index >= 15 is 4.39 Å². The molecular weight excluding hydrogens is 560 g/mol. The number of piperazine rings is 1. The number of benzene rings is 1. The summed E-state index contributed by atoms with van der Waals surface area (Å²) in [7, 11) is 0. The molecule has 2 bridgehead atoms. The quantitative estimate of drug-likeness (QED) is 0.490. The van der Waals surface area contributed by atoms with Crippen molar-refractivity contribution in [2.45, 2.75) is 82.3 Å². The lowest BCUT2D eigenvalue weighted by Gasteiger charge is -2.42. The number of alkyl halides is 1. The third-order valence-corrected chi connectivity index (χ3v) is 8.95. The van der Waals surface area contributed by atoms with Gasteiger partial charge in [-0.25, -0.2) is 13.6 Å². The van der Waals surface area contributed by atoms with Crippen molar-refractivity contribution in [3.63, 3.8) is 0 Å². The molecule has 0 saturated carbocycles. The highest BCUT2D eigenvalue weighted by atomic mass is 79.9. The molecule has 1 aromatic carbocycles. The van der Waals surface area contributed by atoms with Gasteiger partial charge < -0.3 is 14.4 Å². The molecule has 4 fully saturated rings. The zero-order chi connectivity index (χ0) is 26.8. The molecule has 4 atom stereocenters. The summed E-state index contributed by atoms with van der Waals surface area (Å²) in [5.41, 5.74) is -0.744. The van der Waals surface area contributed by atoms with Crippen molar-refractivity contribution in [2.24, 2.45) is 0 Å². The first kappa shape index (κ1) is 26.0. The molecule has 4 aliphatic rings. The SMILES string of the molecule is CC(C)(C)OC(=O)N1C2CCC1CN(c1nc(OC[C@@]34CCCN3C[C@H](F)C4)nc3c(F)c(Br)ccc13)C2. The van der Waals surface area contributed by atoms with Gasteiger partial charge in [0.1, 0.15) is 29.7 Å². The average Bonchev–Trinajstić information content (AvgIpc) is 3.46. The van der Waals surface area contributed by atoms with E-state index in [4.69, 9.17) is 14.5 Å². The summed E-state index contributed by atoms with van der Waals surface area (Å²) in [5, 5.41) is 0.591. The molecule has 11 heteroatoms. The van der Waals surface area contributed by atoms with Crippen molar-refractivity contribution in [2.75, 3.05) is 37.7 Å². The van der Waals surface area contributed by atoms with E-state index in [1.165, 1.54) is 0 Å². The molecule has 1 aromatic heterocycles. The maximum absolute atomic E-state index is 15.3. The summed E-state index contributed by atoms with van der Waals surface area (Å²) in [5.74, 6) is 0.115. The number of rotatable bonds is 4. The Morgan fingerprint density at radius 2 is 1.92 bits per heavy atom. The molecule has 8 nitrogen and oxygen atoms in total. The number of ether oxygens (including phenoxy) is 2. The molecule has 5 heterocycles. The fourth-order valence-corrected chi connectivity index (χ4v) is 7.06. The van der Waals surface area contributed by atoms with Crippen molar-refractivity contribution in [3.8, 4) is 6.01 Å². The number of hydrogen-bond donors (Lipinski definition) is 0. The van der Waals surface area contributed by atoms with Crippen LogP contribution >= 0.6 is 15.9 Å². The molecular formula is C27H34BrF2N5O3. The van der Waals surface area contributed by atoms with Crippen LogP contribution in [-0.4, -0.2) is 88.0 Å². The van der Waals surface area contributed by atoms with Gasteiger partial charge in [0.25, 0.3) is 0 Å². The van der Waals surface area contributed by atoms with Gasteiger partial charge in [0.15, 0.2) is 5.82 Å². The topological polar surface area (TPSA) is 71.0 Å². The Balaban J connectivity index is 1.30. The highest BCUT2D eigenvalue weighted by Gasteiger charge is 2.49. The molecule has 0 radical (unpaired) electrons. The van der Waals surface area contributed by atoms with Gasteiger partial charge in [-0.2, -0.15) is 9.97 Å². The molecule has 38 heavy (non-hydrogen) atoms. The number of carbonyl (C=O) groups excluding carboxylic acids is 1. The van der Waals surface area contributed by atoms with Crippen LogP contribution in [0, 0.1) is 5.82 Å². The molecule has 0 aliphatic carbocycles. The monoisotopic (exact) mass is 593 g/mol. The van der Waals surface area contributed by atoms with Gasteiger partial charge in [0, 0.05) is 31.4 Å². The standard InChI is InChI=1S/C27H34BrF2N5O3/c1-26(2,3)38-25(36)35-17-5-6-18(35)14-33(13-17)23-19-7-8-20(28)21(30)22(19)31-24(32-23)37-15-27-9-4-10-34(27)12-16(29)11-27/h7-8,16-18H,4-6,9-15H2,1-3H3/t16-,17?,18?,27+/m1/s1. The Labute approximate surface area is 229 Å². The largest absolute Gasteiger partial charge is 0.461 e. The third kappa shape index (κ3) is 4.59. The smallest absolute Gasteiger partial charge is 0.410 e. The zero-order valence-electron chi connectivity index (χ0n) is 22.1. The fourth-order valence-electron chi connectivity index (χ4n) is 6.74. The first-order valence-electron chi connectivity index (χ1n) is 13.5. The Morgan fingerprint density at radius 3 is 2.63 bits per heavy atom.